The molecular weight excluding hydrogens is 397 g/mol. The van der Waals surface area contributed by atoms with Crippen molar-refractivity contribution in [3.63, 3.8) is 0 Å². The largest absolute Gasteiger partial charge is 0.444 e. The molecule has 1 saturated heterocycles. The summed E-state index contributed by atoms with van der Waals surface area (Å²) in [5, 5.41) is 3.54. The number of carbonyl (C=O) groups excluding carboxylic acids is 1. The molecule has 1 aromatic rings. The lowest BCUT2D eigenvalue weighted by Gasteiger charge is -2.35. The van der Waals surface area contributed by atoms with E-state index in [1.54, 1.807) is 27.8 Å². The van der Waals surface area contributed by atoms with Crippen molar-refractivity contribution >= 4 is 17.7 Å². The van der Waals surface area contributed by atoms with Crippen LogP contribution < -0.4 is 0 Å². The van der Waals surface area contributed by atoms with Crippen LogP contribution in [-0.4, -0.2) is 58.0 Å². The Balaban J connectivity index is 2.02. The predicted octanol–water partition coefficient (Wildman–Crippen LogP) is 4.17. The SMILES string of the molecule is CN(C[C@H]1CCCN(Cc2c(C(F)(F)F)nn(C)c2Cl)C1)C(=O)OC(C)(C)C. The van der Waals surface area contributed by atoms with Gasteiger partial charge in [0.05, 0.1) is 0 Å². The van der Waals surface area contributed by atoms with Crippen molar-refractivity contribution in [2.45, 2.75) is 51.9 Å². The van der Waals surface area contributed by atoms with Gasteiger partial charge < -0.3 is 9.64 Å². The fourth-order valence-corrected chi connectivity index (χ4v) is 3.57. The molecule has 1 amide bonds. The van der Waals surface area contributed by atoms with Gasteiger partial charge in [0, 0.05) is 39.3 Å². The monoisotopic (exact) mass is 424 g/mol. The first-order chi connectivity index (χ1) is 12.8. The number of nitrogens with zero attached hydrogens (tertiary/aromatic N) is 4. The minimum Gasteiger partial charge on any atom is -0.444 e. The van der Waals surface area contributed by atoms with Crippen molar-refractivity contribution in [3.05, 3.63) is 16.4 Å². The van der Waals surface area contributed by atoms with Crippen LogP contribution in [-0.2, 0) is 24.5 Å². The summed E-state index contributed by atoms with van der Waals surface area (Å²) in [6.07, 6.45) is -3.21. The summed E-state index contributed by atoms with van der Waals surface area (Å²) in [6, 6.07) is 0. The second-order valence-corrected chi connectivity index (χ2v) is 8.70. The van der Waals surface area contributed by atoms with Gasteiger partial charge in [0.15, 0.2) is 5.69 Å². The van der Waals surface area contributed by atoms with E-state index in [0.29, 0.717) is 19.6 Å². The van der Waals surface area contributed by atoms with Crippen LogP contribution in [0.4, 0.5) is 18.0 Å². The highest BCUT2D eigenvalue weighted by atomic mass is 35.5. The average Bonchev–Trinajstić information content (AvgIpc) is 2.82. The maximum Gasteiger partial charge on any atom is 0.435 e. The molecule has 6 nitrogen and oxygen atoms in total. The van der Waals surface area contributed by atoms with Crippen LogP contribution in [0.15, 0.2) is 0 Å². The topological polar surface area (TPSA) is 50.6 Å². The zero-order chi connectivity index (χ0) is 21.3. The number of aromatic nitrogens is 2. The molecule has 160 valence electrons. The van der Waals surface area contributed by atoms with Gasteiger partial charge in [-0.15, -0.1) is 0 Å². The Morgan fingerprint density at radius 2 is 2.00 bits per heavy atom. The number of likely N-dealkylation sites (tertiary alicyclic amines) is 1. The lowest BCUT2D eigenvalue weighted by Crippen LogP contribution is -2.42. The highest BCUT2D eigenvalue weighted by Gasteiger charge is 2.39. The van der Waals surface area contributed by atoms with E-state index in [0.717, 1.165) is 17.5 Å². The fraction of sp³-hybridized carbons (Fsp3) is 0.778. The van der Waals surface area contributed by atoms with Crippen LogP contribution in [0.5, 0.6) is 0 Å². The lowest BCUT2D eigenvalue weighted by atomic mass is 9.97. The van der Waals surface area contributed by atoms with Gasteiger partial charge in [0.1, 0.15) is 10.8 Å². The highest BCUT2D eigenvalue weighted by Crippen LogP contribution is 2.35. The molecule has 10 heteroatoms. The number of hydrogen-bond acceptors (Lipinski definition) is 4. The standard InChI is InChI=1S/C18H28ClF3N4O2/c1-17(2,3)28-16(27)24(4)9-12-7-6-8-26(10-12)11-13-14(18(20,21)22)23-25(5)15(13)19/h12H,6-11H2,1-5H3/t12-/m1/s1. The first-order valence-corrected chi connectivity index (χ1v) is 9.60. The van der Waals surface area contributed by atoms with E-state index in [1.165, 1.54) is 11.9 Å². The first-order valence-electron chi connectivity index (χ1n) is 9.23. The predicted molar refractivity (Wildman–Crippen MR) is 100 cm³/mol. The molecule has 0 radical (unpaired) electrons. The molecule has 1 fully saturated rings. The molecular formula is C18H28ClF3N4O2. The molecule has 0 unspecified atom stereocenters. The minimum atomic E-state index is -4.55. The third-order valence-corrected chi connectivity index (χ3v) is 5.03. The summed E-state index contributed by atoms with van der Waals surface area (Å²) in [4.78, 5) is 15.6. The zero-order valence-corrected chi connectivity index (χ0v) is 17.7. The van der Waals surface area contributed by atoms with Gasteiger partial charge in [-0.3, -0.25) is 9.58 Å². The van der Waals surface area contributed by atoms with Crippen LogP contribution >= 0.6 is 11.6 Å². The third kappa shape index (κ3) is 6.01. The molecule has 0 aliphatic carbocycles. The molecule has 1 atom stereocenters. The van der Waals surface area contributed by atoms with E-state index in [-0.39, 0.29) is 23.2 Å². The van der Waals surface area contributed by atoms with Crippen molar-refractivity contribution in [3.8, 4) is 0 Å². The Morgan fingerprint density at radius 1 is 1.36 bits per heavy atom. The van der Waals surface area contributed by atoms with E-state index in [9.17, 15) is 18.0 Å². The second-order valence-electron chi connectivity index (χ2n) is 8.34. The number of carbonyl (C=O) groups is 1. The Morgan fingerprint density at radius 3 is 2.57 bits per heavy atom. The van der Waals surface area contributed by atoms with Gasteiger partial charge in [0.25, 0.3) is 0 Å². The molecule has 0 aromatic carbocycles. The fourth-order valence-electron chi connectivity index (χ4n) is 3.38. The van der Waals surface area contributed by atoms with E-state index in [1.807, 2.05) is 4.90 Å². The van der Waals surface area contributed by atoms with Crippen molar-refractivity contribution < 1.29 is 22.7 Å². The Hall–Kier alpha value is -1.48. The summed E-state index contributed by atoms with van der Waals surface area (Å²) < 4.78 is 46.2. The molecule has 0 N–H and O–H groups in total. The van der Waals surface area contributed by atoms with Crippen molar-refractivity contribution in [1.29, 1.82) is 0 Å². The number of piperidine rings is 1. The van der Waals surface area contributed by atoms with Gasteiger partial charge >= 0.3 is 12.3 Å². The third-order valence-electron chi connectivity index (χ3n) is 4.56. The Bertz CT molecular complexity index is 700. The van der Waals surface area contributed by atoms with Crippen molar-refractivity contribution in [1.82, 2.24) is 19.6 Å². The molecule has 2 heterocycles. The second kappa shape index (κ2) is 8.49. The van der Waals surface area contributed by atoms with Crippen LogP contribution in [0.3, 0.4) is 0 Å². The number of rotatable bonds is 4. The minimum absolute atomic E-state index is 0.000298. The Kier molecular flexibility index (Phi) is 6.91. The van der Waals surface area contributed by atoms with E-state index >= 15 is 0 Å². The van der Waals surface area contributed by atoms with Crippen LogP contribution in [0.1, 0.15) is 44.9 Å². The highest BCUT2D eigenvalue weighted by molar-refractivity contribution is 6.30. The summed E-state index contributed by atoms with van der Waals surface area (Å²) in [6.45, 7) is 7.22. The van der Waals surface area contributed by atoms with Crippen LogP contribution in [0.2, 0.25) is 5.15 Å². The molecule has 1 aliphatic rings. The number of halogens is 4. The average molecular weight is 425 g/mol. The number of alkyl halides is 3. The van der Waals surface area contributed by atoms with E-state index in [4.69, 9.17) is 16.3 Å². The molecule has 1 aromatic heterocycles. The summed E-state index contributed by atoms with van der Waals surface area (Å²) in [7, 11) is 3.07. The molecule has 0 bridgehead atoms. The number of hydrogen-bond donors (Lipinski definition) is 0. The maximum absolute atomic E-state index is 13.3. The van der Waals surface area contributed by atoms with Crippen molar-refractivity contribution in [2.24, 2.45) is 13.0 Å². The summed E-state index contributed by atoms with van der Waals surface area (Å²) in [5.74, 6) is 0.149. The van der Waals surface area contributed by atoms with Crippen LogP contribution in [0.25, 0.3) is 0 Å². The molecule has 0 spiro atoms. The summed E-state index contributed by atoms with van der Waals surface area (Å²) >= 11 is 6.07. The van der Waals surface area contributed by atoms with Gasteiger partial charge in [0.2, 0.25) is 0 Å². The smallest absolute Gasteiger partial charge is 0.435 e. The van der Waals surface area contributed by atoms with Crippen LogP contribution in [0, 0.1) is 5.92 Å². The zero-order valence-electron chi connectivity index (χ0n) is 16.9. The van der Waals surface area contributed by atoms with Crippen molar-refractivity contribution in [2.75, 3.05) is 26.7 Å². The quantitative estimate of drug-likeness (QED) is 0.727. The maximum atomic E-state index is 13.3. The molecule has 1 aliphatic heterocycles. The summed E-state index contributed by atoms with van der Waals surface area (Å²) in [5.41, 5.74) is -1.51. The van der Waals surface area contributed by atoms with Gasteiger partial charge in [-0.2, -0.15) is 18.3 Å². The number of amides is 1. The van der Waals surface area contributed by atoms with E-state index in [2.05, 4.69) is 5.10 Å². The van der Waals surface area contributed by atoms with Gasteiger partial charge in [-0.25, -0.2) is 4.79 Å². The number of aryl methyl sites for hydroxylation is 1. The van der Waals surface area contributed by atoms with Gasteiger partial charge in [-0.1, -0.05) is 11.6 Å². The first kappa shape index (κ1) is 22.8. The molecule has 2 rings (SSSR count). The number of ether oxygens (including phenoxy) is 1. The lowest BCUT2D eigenvalue weighted by molar-refractivity contribution is -0.142. The Labute approximate surface area is 168 Å². The molecule has 28 heavy (non-hydrogen) atoms. The van der Waals surface area contributed by atoms with Gasteiger partial charge in [-0.05, 0) is 46.1 Å². The molecule has 0 saturated carbocycles. The van der Waals surface area contributed by atoms with E-state index < -0.39 is 23.6 Å². The normalized spacial score (nSPS) is 19.0.